The van der Waals surface area contributed by atoms with Crippen LogP contribution in [-0.2, 0) is 4.79 Å². The first kappa shape index (κ1) is 22.4. The molecule has 0 aliphatic heterocycles. The maximum Gasteiger partial charge on any atom is 0.262 e. The van der Waals surface area contributed by atoms with E-state index in [1.165, 1.54) is 11.8 Å². The molecule has 7 heteroatoms. The molecule has 1 saturated carbocycles. The fourth-order valence-corrected chi connectivity index (χ4v) is 5.23. The van der Waals surface area contributed by atoms with Crippen LogP contribution in [0, 0.1) is 11.3 Å². The lowest BCUT2D eigenvalue weighted by molar-refractivity contribution is -0.133. The number of benzene rings is 1. The quantitative estimate of drug-likeness (QED) is 0.501. The molecule has 2 aromatic rings. The molecule has 3 rings (SSSR count). The second-order valence-electron chi connectivity index (χ2n) is 8.21. The molecule has 1 aromatic heterocycles. The standard InChI is InChI=1S/C23H30N4O2S/c1-5-16(2)27-21(29)18-11-7-8-12-19(18)25-22(27)30-17(3)20(28)26(4)23(15-24)13-9-6-10-14-23/h7-8,11-12,16-17H,5-6,9-10,13-14H2,1-4H3/t16-,17-/m1/s1. The first-order chi connectivity index (χ1) is 14.3. The molecule has 1 aromatic carbocycles. The predicted octanol–water partition coefficient (Wildman–Crippen LogP) is 4.53. The Labute approximate surface area is 182 Å². The number of fused-ring (bicyclic) bond motifs is 1. The first-order valence-corrected chi connectivity index (χ1v) is 11.6. The van der Waals surface area contributed by atoms with E-state index in [9.17, 15) is 14.9 Å². The maximum absolute atomic E-state index is 13.2. The molecule has 2 atom stereocenters. The summed E-state index contributed by atoms with van der Waals surface area (Å²) in [5, 5.41) is 10.5. The molecule has 160 valence electrons. The van der Waals surface area contributed by atoms with E-state index < -0.39 is 10.8 Å². The smallest absolute Gasteiger partial charge is 0.262 e. The molecule has 0 spiro atoms. The van der Waals surface area contributed by atoms with Crippen LogP contribution >= 0.6 is 11.8 Å². The lowest BCUT2D eigenvalue weighted by atomic mass is 9.81. The van der Waals surface area contributed by atoms with Gasteiger partial charge in [0.25, 0.3) is 5.56 Å². The van der Waals surface area contributed by atoms with Gasteiger partial charge in [-0.25, -0.2) is 4.98 Å². The van der Waals surface area contributed by atoms with Crippen LogP contribution in [0.4, 0.5) is 0 Å². The van der Waals surface area contributed by atoms with Crippen molar-refractivity contribution in [3.05, 3.63) is 34.6 Å². The Morgan fingerprint density at radius 3 is 2.60 bits per heavy atom. The van der Waals surface area contributed by atoms with Crippen LogP contribution in [-0.4, -0.2) is 38.2 Å². The second kappa shape index (κ2) is 9.22. The fourth-order valence-electron chi connectivity index (χ4n) is 4.13. The highest BCUT2D eigenvalue weighted by Gasteiger charge is 2.40. The molecule has 6 nitrogen and oxygen atoms in total. The molecule has 0 unspecified atom stereocenters. The predicted molar refractivity (Wildman–Crippen MR) is 121 cm³/mol. The molecule has 0 N–H and O–H groups in total. The van der Waals surface area contributed by atoms with Crippen molar-refractivity contribution in [2.75, 3.05) is 7.05 Å². The van der Waals surface area contributed by atoms with Gasteiger partial charge < -0.3 is 4.90 Å². The van der Waals surface area contributed by atoms with Gasteiger partial charge in [-0.05, 0) is 45.2 Å². The highest BCUT2D eigenvalue weighted by molar-refractivity contribution is 8.00. The van der Waals surface area contributed by atoms with Crippen LogP contribution in [0.1, 0.15) is 65.3 Å². The number of carbonyl (C=O) groups is 1. The largest absolute Gasteiger partial charge is 0.326 e. The summed E-state index contributed by atoms with van der Waals surface area (Å²) in [5.74, 6) is -0.0958. The van der Waals surface area contributed by atoms with E-state index in [0.29, 0.717) is 16.1 Å². The van der Waals surface area contributed by atoms with Crippen molar-refractivity contribution in [1.82, 2.24) is 14.5 Å². The number of nitriles is 1. The summed E-state index contributed by atoms with van der Waals surface area (Å²) in [4.78, 5) is 32.8. The molecule has 1 aliphatic rings. The summed E-state index contributed by atoms with van der Waals surface area (Å²) in [6, 6.07) is 9.70. The molecule has 1 heterocycles. The van der Waals surface area contributed by atoms with Crippen molar-refractivity contribution >= 4 is 28.6 Å². The van der Waals surface area contributed by atoms with Gasteiger partial charge in [0.15, 0.2) is 5.16 Å². The maximum atomic E-state index is 13.2. The minimum absolute atomic E-state index is 0.0269. The molecular weight excluding hydrogens is 396 g/mol. The Kier molecular flexibility index (Phi) is 6.87. The van der Waals surface area contributed by atoms with Gasteiger partial charge in [-0.1, -0.05) is 50.1 Å². The van der Waals surface area contributed by atoms with E-state index in [0.717, 1.165) is 38.5 Å². The summed E-state index contributed by atoms with van der Waals surface area (Å²) in [7, 11) is 1.74. The topological polar surface area (TPSA) is 79.0 Å². The number of rotatable bonds is 6. The van der Waals surface area contributed by atoms with Gasteiger partial charge in [0.05, 0.1) is 22.2 Å². The Morgan fingerprint density at radius 1 is 1.30 bits per heavy atom. The van der Waals surface area contributed by atoms with Gasteiger partial charge in [-0.2, -0.15) is 5.26 Å². The van der Waals surface area contributed by atoms with Crippen LogP contribution in [0.25, 0.3) is 10.9 Å². The Bertz CT molecular complexity index is 1020. The number of carbonyl (C=O) groups excluding carboxylic acids is 1. The summed E-state index contributed by atoms with van der Waals surface area (Å²) < 4.78 is 1.71. The van der Waals surface area contributed by atoms with E-state index in [4.69, 9.17) is 4.98 Å². The van der Waals surface area contributed by atoms with Gasteiger partial charge in [0.1, 0.15) is 5.54 Å². The van der Waals surface area contributed by atoms with Crippen molar-refractivity contribution in [3.8, 4) is 6.07 Å². The lowest BCUT2D eigenvalue weighted by Gasteiger charge is -2.40. The van der Waals surface area contributed by atoms with Gasteiger partial charge in [-0.3, -0.25) is 14.2 Å². The molecular formula is C23H30N4O2S. The van der Waals surface area contributed by atoms with Crippen molar-refractivity contribution in [3.63, 3.8) is 0 Å². The normalized spacial score (nSPS) is 17.8. The van der Waals surface area contributed by atoms with Gasteiger partial charge in [0, 0.05) is 13.1 Å². The summed E-state index contributed by atoms with van der Waals surface area (Å²) >= 11 is 1.30. The van der Waals surface area contributed by atoms with E-state index in [1.54, 1.807) is 22.6 Å². The third kappa shape index (κ3) is 4.11. The van der Waals surface area contributed by atoms with Crippen LogP contribution in [0.5, 0.6) is 0 Å². The number of nitrogens with zero attached hydrogens (tertiary/aromatic N) is 4. The average molecular weight is 427 g/mol. The summed E-state index contributed by atoms with van der Waals surface area (Å²) in [6.45, 7) is 5.86. The van der Waals surface area contributed by atoms with E-state index in [1.807, 2.05) is 39.0 Å². The fraction of sp³-hybridized carbons (Fsp3) is 0.565. The molecule has 0 radical (unpaired) electrons. The number of para-hydroxylation sites is 1. The second-order valence-corrected chi connectivity index (χ2v) is 9.51. The number of aromatic nitrogens is 2. The number of hydrogen-bond donors (Lipinski definition) is 0. The van der Waals surface area contributed by atoms with Gasteiger partial charge in [-0.15, -0.1) is 0 Å². The third-order valence-electron chi connectivity index (χ3n) is 6.30. The minimum Gasteiger partial charge on any atom is -0.326 e. The molecule has 0 bridgehead atoms. The summed E-state index contributed by atoms with van der Waals surface area (Å²) in [5.41, 5.74) is -0.165. The summed E-state index contributed by atoms with van der Waals surface area (Å²) in [6.07, 6.45) is 5.26. The van der Waals surface area contributed by atoms with Crippen LogP contribution in [0.15, 0.2) is 34.2 Å². The van der Waals surface area contributed by atoms with Crippen molar-refractivity contribution in [2.24, 2.45) is 0 Å². The SMILES string of the molecule is CC[C@@H](C)n1c(S[C@H](C)C(=O)N(C)C2(C#N)CCCCC2)nc2ccccc2c1=O. The van der Waals surface area contributed by atoms with Gasteiger partial charge >= 0.3 is 0 Å². The third-order valence-corrected chi connectivity index (χ3v) is 7.35. The van der Waals surface area contributed by atoms with Crippen molar-refractivity contribution in [2.45, 2.75) is 81.3 Å². The van der Waals surface area contributed by atoms with Crippen LogP contribution < -0.4 is 5.56 Å². The van der Waals surface area contributed by atoms with E-state index in [2.05, 4.69) is 6.07 Å². The highest BCUT2D eigenvalue weighted by atomic mass is 32.2. The minimum atomic E-state index is -0.725. The molecule has 1 aliphatic carbocycles. The first-order valence-electron chi connectivity index (χ1n) is 10.7. The van der Waals surface area contributed by atoms with Crippen molar-refractivity contribution in [1.29, 1.82) is 5.26 Å². The molecule has 0 saturated heterocycles. The Hall–Kier alpha value is -2.33. The lowest BCUT2D eigenvalue weighted by Crippen LogP contribution is -2.52. The Balaban J connectivity index is 1.94. The van der Waals surface area contributed by atoms with Crippen LogP contribution in [0.2, 0.25) is 0 Å². The highest BCUT2D eigenvalue weighted by Crippen LogP contribution is 2.34. The molecule has 1 amide bonds. The monoisotopic (exact) mass is 426 g/mol. The molecule has 30 heavy (non-hydrogen) atoms. The zero-order chi connectivity index (χ0) is 21.9. The molecule has 1 fully saturated rings. The van der Waals surface area contributed by atoms with Crippen LogP contribution in [0.3, 0.4) is 0 Å². The number of amides is 1. The van der Waals surface area contributed by atoms with E-state index >= 15 is 0 Å². The Morgan fingerprint density at radius 2 is 1.97 bits per heavy atom. The van der Waals surface area contributed by atoms with Crippen molar-refractivity contribution < 1.29 is 4.79 Å². The zero-order valence-corrected chi connectivity index (χ0v) is 19.0. The number of hydrogen-bond acceptors (Lipinski definition) is 5. The number of thioether (sulfide) groups is 1. The van der Waals surface area contributed by atoms with E-state index in [-0.39, 0.29) is 17.5 Å². The zero-order valence-electron chi connectivity index (χ0n) is 18.2. The average Bonchev–Trinajstić information content (AvgIpc) is 2.78. The van der Waals surface area contributed by atoms with Gasteiger partial charge in [0.2, 0.25) is 5.91 Å².